The molecule has 2 heterocycles. The van der Waals surface area contributed by atoms with E-state index in [1.807, 2.05) is 0 Å². The second-order valence-corrected chi connectivity index (χ2v) is 3.11. The van der Waals surface area contributed by atoms with Crippen molar-refractivity contribution >= 4 is 0 Å². The van der Waals surface area contributed by atoms with Crippen molar-refractivity contribution in [1.82, 2.24) is 25.8 Å². The highest BCUT2D eigenvalue weighted by molar-refractivity contribution is 4.93. The van der Waals surface area contributed by atoms with Crippen LogP contribution in [0, 0.1) is 0 Å². The van der Waals surface area contributed by atoms with E-state index in [1.54, 1.807) is 0 Å². The Labute approximate surface area is 71.0 Å². The van der Waals surface area contributed by atoms with Crippen molar-refractivity contribution in [2.24, 2.45) is 0 Å². The first-order valence-corrected chi connectivity index (χ1v) is 4.18. The van der Waals surface area contributed by atoms with Crippen LogP contribution in [0.2, 0.25) is 0 Å². The molecule has 1 fully saturated rings. The molecular weight excluding hydrogens is 154 g/mol. The lowest BCUT2D eigenvalue weighted by Crippen LogP contribution is -2.55. The highest BCUT2D eigenvalue weighted by Gasteiger charge is 2.19. The lowest BCUT2D eigenvalue weighted by molar-refractivity contribution is 0.333. The van der Waals surface area contributed by atoms with E-state index < -0.39 is 0 Å². The maximum atomic E-state index is 4.08. The number of aromatic amines is 1. The predicted octanol–water partition coefficient (Wildman–Crippen LogP) is -0.573. The number of hydrogen-bond donors (Lipinski definition) is 3. The normalized spacial score (nSPS) is 20.4. The van der Waals surface area contributed by atoms with E-state index in [4.69, 9.17) is 0 Å². The lowest BCUT2D eigenvalue weighted by Gasteiger charge is -2.30. The van der Waals surface area contributed by atoms with Crippen molar-refractivity contribution in [3.8, 4) is 0 Å². The second kappa shape index (κ2) is 3.20. The third-order valence-electron chi connectivity index (χ3n) is 2.11. The van der Waals surface area contributed by atoms with Crippen LogP contribution in [-0.4, -0.2) is 34.3 Å². The van der Waals surface area contributed by atoms with E-state index >= 15 is 0 Å². The van der Waals surface area contributed by atoms with Gasteiger partial charge in [0.1, 0.15) is 12.2 Å². The van der Waals surface area contributed by atoms with Crippen LogP contribution in [0.4, 0.5) is 0 Å². The number of rotatable bonds is 3. The van der Waals surface area contributed by atoms with Crippen molar-refractivity contribution < 1.29 is 0 Å². The van der Waals surface area contributed by atoms with Gasteiger partial charge >= 0.3 is 0 Å². The quantitative estimate of drug-likeness (QED) is 0.564. The molecule has 1 saturated heterocycles. The number of H-pyrrole nitrogens is 1. The molecule has 0 amide bonds. The van der Waals surface area contributed by atoms with E-state index in [-0.39, 0.29) is 6.04 Å². The zero-order chi connectivity index (χ0) is 8.39. The largest absolute Gasteiger partial charge is 0.314 e. The Hall–Kier alpha value is -0.940. The van der Waals surface area contributed by atoms with E-state index in [0.29, 0.717) is 6.04 Å². The van der Waals surface area contributed by atoms with Crippen LogP contribution in [0.5, 0.6) is 0 Å². The predicted molar refractivity (Wildman–Crippen MR) is 44.6 cm³/mol. The third kappa shape index (κ3) is 1.46. The zero-order valence-corrected chi connectivity index (χ0v) is 7.04. The molecule has 1 atom stereocenters. The first-order chi connectivity index (χ1) is 5.86. The number of hydrogen-bond acceptors (Lipinski definition) is 4. The highest BCUT2D eigenvalue weighted by Crippen LogP contribution is 2.06. The van der Waals surface area contributed by atoms with Gasteiger partial charge in [-0.1, -0.05) is 0 Å². The fourth-order valence-electron chi connectivity index (χ4n) is 1.26. The Morgan fingerprint density at radius 2 is 2.50 bits per heavy atom. The van der Waals surface area contributed by atoms with Gasteiger partial charge in [-0.3, -0.25) is 5.10 Å². The van der Waals surface area contributed by atoms with Crippen LogP contribution in [0.1, 0.15) is 18.8 Å². The lowest BCUT2D eigenvalue weighted by atomic mass is 10.1. The van der Waals surface area contributed by atoms with Crippen LogP contribution in [-0.2, 0) is 0 Å². The molecule has 1 unspecified atom stereocenters. The molecule has 5 heteroatoms. The fourth-order valence-corrected chi connectivity index (χ4v) is 1.26. The molecular formula is C7H13N5. The van der Waals surface area contributed by atoms with Gasteiger partial charge in [0.15, 0.2) is 0 Å². The maximum Gasteiger partial charge on any atom is 0.141 e. The molecule has 1 aromatic heterocycles. The average molecular weight is 167 g/mol. The summed E-state index contributed by atoms with van der Waals surface area (Å²) in [7, 11) is 0. The van der Waals surface area contributed by atoms with Gasteiger partial charge in [0.05, 0.1) is 6.04 Å². The minimum absolute atomic E-state index is 0.264. The van der Waals surface area contributed by atoms with Crippen LogP contribution in [0.3, 0.4) is 0 Å². The van der Waals surface area contributed by atoms with Gasteiger partial charge in [-0.05, 0) is 6.92 Å². The second-order valence-electron chi connectivity index (χ2n) is 3.11. The van der Waals surface area contributed by atoms with E-state index in [2.05, 4.69) is 32.7 Å². The summed E-state index contributed by atoms with van der Waals surface area (Å²) in [6.07, 6.45) is 1.53. The highest BCUT2D eigenvalue weighted by atomic mass is 15.2. The van der Waals surface area contributed by atoms with Crippen molar-refractivity contribution in [3.05, 3.63) is 12.2 Å². The van der Waals surface area contributed by atoms with Crippen LogP contribution < -0.4 is 10.6 Å². The smallest absolute Gasteiger partial charge is 0.141 e. The molecule has 1 aliphatic rings. The number of aromatic nitrogens is 3. The summed E-state index contributed by atoms with van der Waals surface area (Å²) in [5.74, 6) is 0.905. The summed E-state index contributed by atoms with van der Waals surface area (Å²) in [4.78, 5) is 4.08. The monoisotopic (exact) mass is 167 g/mol. The van der Waals surface area contributed by atoms with Gasteiger partial charge in [0.2, 0.25) is 0 Å². The summed E-state index contributed by atoms with van der Waals surface area (Å²) < 4.78 is 0. The molecule has 3 N–H and O–H groups in total. The van der Waals surface area contributed by atoms with Gasteiger partial charge in [0.25, 0.3) is 0 Å². The standard InChI is InChI=1S/C7H13N5/c1-5(7-9-4-10-12-7)11-6-2-8-3-6/h4-6,8,11H,2-3H2,1H3,(H,9,10,12). The average Bonchev–Trinajstić information content (AvgIpc) is 2.47. The van der Waals surface area contributed by atoms with Gasteiger partial charge in [0, 0.05) is 19.1 Å². The molecule has 12 heavy (non-hydrogen) atoms. The molecule has 5 nitrogen and oxygen atoms in total. The van der Waals surface area contributed by atoms with Gasteiger partial charge in [-0.25, -0.2) is 4.98 Å². The molecule has 0 saturated carbocycles. The first-order valence-electron chi connectivity index (χ1n) is 4.18. The maximum absolute atomic E-state index is 4.08. The number of nitrogens with zero attached hydrogens (tertiary/aromatic N) is 2. The molecule has 0 aliphatic carbocycles. The van der Waals surface area contributed by atoms with E-state index in [0.717, 1.165) is 18.9 Å². The SMILES string of the molecule is CC(NC1CNC1)c1ncn[nH]1. The fraction of sp³-hybridized carbons (Fsp3) is 0.714. The van der Waals surface area contributed by atoms with Gasteiger partial charge in [-0.15, -0.1) is 0 Å². The summed E-state index contributed by atoms with van der Waals surface area (Å²) in [6, 6.07) is 0.852. The third-order valence-corrected chi connectivity index (χ3v) is 2.11. The van der Waals surface area contributed by atoms with Crippen LogP contribution >= 0.6 is 0 Å². The Balaban J connectivity index is 1.87. The Morgan fingerprint density at radius 1 is 1.67 bits per heavy atom. The molecule has 0 bridgehead atoms. The minimum atomic E-state index is 0.264. The van der Waals surface area contributed by atoms with Crippen molar-refractivity contribution in [2.75, 3.05) is 13.1 Å². The summed E-state index contributed by atoms with van der Waals surface area (Å²) in [5.41, 5.74) is 0. The van der Waals surface area contributed by atoms with Crippen molar-refractivity contribution in [2.45, 2.75) is 19.0 Å². The summed E-state index contributed by atoms with van der Waals surface area (Å²) >= 11 is 0. The Bertz CT molecular complexity index is 228. The van der Waals surface area contributed by atoms with Crippen LogP contribution in [0.25, 0.3) is 0 Å². The number of nitrogens with one attached hydrogen (secondary N) is 3. The summed E-state index contributed by atoms with van der Waals surface area (Å²) in [5, 5.41) is 13.3. The molecule has 2 rings (SSSR count). The van der Waals surface area contributed by atoms with Crippen molar-refractivity contribution in [1.29, 1.82) is 0 Å². The molecule has 66 valence electrons. The van der Waals surface area contributed by atoms with E-state index in [1.165, 1.54) is 6.33 Å². The molecule has 1 aliphatic heterocycles. The van der Waals surface area contributed by atoms with Crippen molar-refractivity contribution in [3.63, 3.8) is 0 Å². The minimum Gasteiger partial charge on any atom is -0.314 e. The molecule has 0 spiro atoms. The first kappa shape index (κ1) is 7.70. The zero-order valence-electron chi connectivity index (χ0n) is 7.04. The molecule has 1 aromatic rings. The van der Waals surface area contributed by atoms with Gasteiger partial charge in [-0.2, -0.15) is 5.10 Å². The molecule has 0 aromatic carbocycles. The molecule has 0 radical (unpaired) electrons. The van der Waals surface area contributed by atoms with Gasteiger partial charge < -0.3 is 10.6 Å². The Morgan fingerprint density at radius 3 is 3.00 bits per heavy atom. The van der Waals surface area contributed by atoms with E-state index in [9.17, 15) is 0 Å². The topological polar surface area (TPSA) is 65.6 Å². The summed E-state index contributed by atoms with van der Waals surface area (Å²) in [6.45, 7) is 4.19. The van der Waals surface area contributed by atoms with Crippen LogP contribution in [0.15, 0.2) is 6.33 Å². The Kier molecular flexibility index (Phi) is 2.05.